The molecule has 0 aliphatic heterocycles. The Kier molecular flexibility index (Phi) is 6.09. The Bertz CT molecular complexity index is 1220. The predicted octanol–water partition coefficient (Wildman–Crippen LogP) is 3.32. The van der Waals surface area contributed by atoms with Gasteiger partial charge in [0, 0.05) is 17.3 Å². The number of hydrogen-bond acceptors (Lipinski definition) is 6. The average molecular weight is 432 g/mol. The van der Waals surface area contributed by atoms with Crippen molar-refractivity contribution in [3.63, 3.8) is 0 Å². The quantitative estimate of drug-likeness (QED) is 0.350. The van der Waals surface area contributed by atoms with Gasteiger partial charge in [0.05, 0.1) is 22.9 Å². The highest BCUT2D eigenvalue weighted by molar-refractivity contribution is 7.99. The lowest BCUT2D eigenvalue weighted by Crippen LogP contribution is -2.25. The number of carbonyl (C=O) groups is 1. The Balaban J connectivity index is 1.82. The smallest absolute Gasteiger partial charge is 0.262 e. The first-order chi connectivity index (χ1) is 13.7. The van der Waals surface area contributed by atoms with E-state index < -0.39 is 10.0 Å². The van der Waals surface area contributed by atoms with Crippen LogP contribution in [0.2, 0.25) is 0 Å². The predicted molar refractivity (Wildman–Crippen MR) is 116 cm³/mol. The van der Waals surface area contributed by atoms with Gasteiger partial charge in [-0.25, -0.2) is 13.4 Å². The molecule has 7 nitrogen and oxygen atoms in total. The standard InChI is InChI=1S/C20H21N3O4S2/c1-13(2)23-19(25)16-6-4-5-7-17(16)21-20(23)28-12-18(24)14-8-10-15(11-9-14)22-29(3,26)27/h4-11,13,22H,12H2,1-3H3. The van der Waals surface area contributed by atoms with Crippen molar-refractivity contribution in [2.45, 2.75) is 25.0 Å². The normalized spacial score (nSPS) is 11.7. The van der Waals surface area contributed by atoms with Crippen LogP contribution in [-0.4, -0.2) is 35.8 Å². The van der Waals surface area contributed by atoms with Gasteiger partial charge in [-0.05, 0) is 50.2 Å². The SMILES string of the molecule is CC(C)n1c(SCC(=O)c2ccc(NS(C)(=O)=O)cc2)nc2ccccc2c1=O. The van der Waals surface area contributed by atoms with E-state index in [2.05, 4.69) is 9.71 Å². The van der Waals surface area contributed by atoms with Crippen molar-refractivity contribution >= 4 is 44.2 Å². The number of rotatable bonds is 7. The molecule has 2 aromatic carbocycles. The fraction of sp³-hybridized carbons (Fsp3) is 0.250. The van der Waals surface area contributed by atoms with Crippen molar-refractivity contribution in [3.8, 4) is 0 Å². The number of carbonyl (C=O) groups excluding carboxylic acids is 1. The molecule has 152 valence electrons. The molecule has 0 aliphatic rings. The number of thioether (sulfide) groups is 1. The number of para-hydroxylation sites is 1. The summed E-state index contributed by atoms with van der Waals surface area (Å²) in [5, 5.41) is 1.04. The van der Waals surface area contributed by atoms with Gasteiger partial charge >= 0.3 is 0 Å². The van der Waals surface area contributed by atoms with Crippen LogP contribution in [0.1, 0.15) is 30.2 Å². The maximum absolute atomic E-state index is 12.8. The summed E-state index contributed by atoms with van der Waals surface area (Å²) in [6.07, 6.45) is 1.06. The lowest BCUT2D eigenvalue weighted by atomic mass is 10.1. The molecular weight excluding hydrogens is 410 g/mol. The van der Waals surface area contributed by atoms with Crippen LogP contribution in [0.3, 0.4) is 0 Å². The molecule has 0 saturated carbocycles. The van der Waals surface area contributed by atoms with Gasteiger partial charge in [-0.3, -0.25) is 18.9 Å². The zero-order chi connectivity index (χ0) is 21.2. The van der Waals surface area contributed by atoms with Crippen molar-refractivity contribution in [2.75, 3.05) is 16.7 Å². The van der Waals surface area contributed by atoms with Gasteiger partial charge in [0.25, 0.3) is 5.56 Å². The molecule has 0 radical (unpaired) electrons. The van der Waals surface area contributed by atoms with Crippen LogP contribution < -0.4 is 10.3 Å². The van der Waals surface area contributed by atoms with E-state index >= 15 is 0 Å². The topological polar surface area (TPSA) is 98.1 Å². The monoisotopic (exact) mass is 431 g/mol. The molecule has 29 heavy (non-hydrogen) atoms. The van der Waals surface area contributed by atoms with Crippen molar-refractivity contribution in [3.05, 3.63) is 64.4 Å². The van der Waals surface area contributed by atoms with Crippen LogP contribution in [0, 0.1) is 0 Å². The van der Waals surface area contributed by atoms with Gasteiger partial charge in [0.15, 0.2) is 10.9 Å². The summed E-state index contributed by atoms with van der Waals surface area (Å²) in [5.41, 5.74) is 1.31. The van der Waals surface area contributed by atoms with Crippen LogP contribution >= 0.6 is 11.8 Å². The molecule has 0 atom stereocenters. The number of nitrogens with one attached hydrogen (secondary N) is 1. The van der Waals surface area contributed by atoms with Gasteiger partial charge in [0.2, 0.25) is 10.0 Å². The highest BCUT2D eigenvalue weighted by atomic mass is 32.2. The fourth-order valence-electron chi connectivity index (χ4n) is 2.83. The van der Waals surface area contributed by atoms with Crippen molar-refractivity contribution in [2.24, 2.45) is 0 Å². The maximum atomic E-state index is 12.8. The third kappa shape index (κ3) is 5.04. The van der Waals surface area contributed by atoms with Crippen LogP contribution in [0.25, 0.3) is 10.9 Å². The number of sulfonamides is 1. The summed E-state index contributed by atoms with van der Waals surface area (Å²) in [4.78, 5) is 30.0. The van der Waals surface area contributed by atoms with E-state index in [1.165, 1.54) is 23.9 Å². The van der Waals surface area contributed by atoms with E-state index in [0.717, 1.165) is 6.26 Å². The average Bonchev–Trinajstić information content (AvgIpc) is 2.65. The molecule has 1 N–H and O–H groups in total. The third-order valence-electron chi connectivity index (χ3n) is 4.13. The molecule has 0 aliphatic carbocycles. The Morgan fingerprint density at radius 1 is 1.14 bits per heavy atom. The molecule has 9 heteroatoms. The first kappa shape index (κ1) is 21.1. The summed E-state index contributed by atoms with van der Waals surface area (Å²) in [6.45, 7) is 3.80. The second-order valence-electron chi connectivity index (χ2n) is 6.84. The van der Waals surface area contributed by atoms with Gasteiger partial charge in [-0.15, -0.1) is 0 Å². The lowest BCUT2D eigenvalue weighted by molar-refractivity contribution is 0.102. The summed E-state index contributed by atoms with van der Waals surface area (Å²) in [6, 6.07) is 13.3. The Morgan fingerprint density at radius 3 is 2.41 bits per heavy atom. The van der Waals surface area contributed by atoms with Gasteiger partial charge < -0.3 is 0 Å². The molecule has 0 saturated heterocycles. The highest BCUT2D eigenvalue weighted by Gasteiger charge is 2.16. The number of hydrogen-bond donors (Lipinski definition) is 1. The van der Waals surface area contributed by atoms with Gasteiger partial charge in [0.1, 0.15) is 0 Å². The number of Topliss-reactive ketones (excluding diaryl/α,β-unsaturated/α-hetero) is 1. The van der Waals surface area contributed by atoms with E-state index in [0.29, 0.717) is 27.3 Å². The number of benzene rings is 2. The zero-order valence-electron chi connectivity index (χ0n) is 16.2. The van der Waals surface area contributed by atoms with E-state index in [9.17, 15) is 18.0 Å². The van der Waals surface area contributed by atoms with E-state index in [-0.39, 0.29) is 23.1 Å². The summed E-state index contributed by atoms with van der Waals surface area (Å²) >= 11 is 1.21. The maximum Gasteiger partial charge on any atom is 0.262 e. The number of ketones is 1. The second kappa shape index (κ2) is 8.38. The highest BCUT2D eigenvalue weighted by Crippen LogP contribution is 2.22. The molecule has 3 rings (SSSR count). The Morgan fingerprint density at radius 2 is 1.79 bits per heavy atom. The third-order valence-corrected chi connectivity index (χ3v) is 5.69. The summed E-state index contributed by atoms with van der Waals surface area (Å²) in [7, 11) is -3.37. The van der Waals surface area contributed by atoms with Gasteiger partial charge in [-0.2, -0.15) is 0 Å². The number of fused-ring (bicyclic) bond motifs is 1. The lowest BCUT2D eigenvalue weighted by Gasteiger charge is -2.16. The van der Waals surface area contributed by atoms with Crippen LogP contribution in [0.5, 0.6) is 0 Å². The van der Waals surface area contributed by atoms with Gasteiger partial charge in [-0.1, -0.05) is 23.9 Å². The first-order valence-corrected chi connectivity index (χ1v) is 11.8. The molecule has 1 heterocycles. The van der Waals surface area contributed by atoms with Crippen molar-refractivity contribution < 1.29 is 13.2 Å². The van der Waals surface area contributed by atoms with Crippen LogP contribution in [0.4, 0.5) is 5.69 Å². The van der Waals surface area contributed by atoms with E-state index in [4.69, 9.17) is 0 Å². The van der Waals surface area contributed by atoms with E-state index in [1.807, 2.05) is 19.9 Å². The Hall–Kier alpha value is -2.65. The Labute approximate surface area is 173 Å². The number of nitrogens with zero attached hydrogens (tertiary/aromatic N) is 2. The summed E-state index contributed by atoms with van der Waals surface area (Å²) in [5.74, 6) is -0.0327. The number of aromatic nitrogens is 2. The summed E-state index contributed by atoms with van der Waals surface area (Å²) < 4.78 is 26.5. The molecule has 1 aromatic heterocycles. The van der Waals surface area contributed by atoms with Crippen molar-refractivity contribution in [1.29, 1.82) is 0 Å². The molecule has 3 aromatic rings. The fourth-order valence-corrected chi connectivity index (χ4v) is 4.42. The molecule has 0 bridgehead atoms. The number of anilines is 1. The van der Waals surface area contributed by atoms with Crippen LogP contribution in [0.15, 0.2) is 58.5 Å². The minimum Gasteiger partial charge on any atom is -0.293 e. The van der Waals surface area contributed by atoms with Crippen LogP contribution in [-0.2, 0) is 10.0 Å². The molecule has 0 unspecified atom stereocenters. The minimum atomic E-state index is -3.37. The molecule has 0 spiro atoms. The first-order valence-electron chi connectivity index (χ1n) is 8.91. The molecular formula is C20H21N3O4S2. The molecule has 0 amide bonds. The minimum absolute atomic E-state index is 0.0986. The van der Waals surface area contributed by atoms with Crippen molar-refractivity contribution in [1.82, 2.24) is 9.55 Å². The second-order valence-corrected chi connectivity index (χ2v) is 9.53. The molecule has 0 fully saturated rings. The van der Waals surface area contributed by atoms with E-state index in [1.54, 1.807) is 34.9 Å². The zero-order valence-corrected chi connectivity index (χ0v) is 17.9. The largest absolute Gasteiger partial charge is 0.293 e.